The van der Waals surface area contributed by atoms with E-state index in [1.54, 1.807) is 23.1 Å². The minimum Gasteiger partial charge on any atom is -0.481 e. The number of aliphatic carboxylic acids is 1. The lowest BCUT2D eigenvalue weighted by Crippen LogP contribution is -2.45. The van der Waals surface area contributed by atoms with Gasteiger partial charge in [-0.1, -0.05) is 18.2 Å². The lowest BCUT2D eigenvalue weighted by molar-refractivity contribution is -0.136. The summed E-state index contributed by atoms with van der Waals surface area (Å²) in [5, 5.41) is 18.2. The van der Waals surface area contributed by atoms with Gasteiger partial charge in [-0.05, 0) is 37.3 Å². The van der Waals surface area contributed by atoms with Gasteiger partial charge in [0.25, 0.3) is 5.91 Å². The molecule has 0 aliphatic carbocycles. The quantitative estimate of drug-likeness (QED) is 0.865. The molecule has 0 saturated carbocycles. The van der Waals surface area contributed by atoms with Crippen LogP contribution in [0, 0.1) is 0 Å². The summed E-state index contributed by atoms with van der Waals surface area (Å²) in [5.41, 5.74) is 1.31. The molecule has 5 heteroatoms. The van der Waals surface area contributed by atoms with Gasteiger partial charge in [0.15, 0.2) is 0 Å². The molecule has 21 heavy (non-hydrogen) atoms. The second-order valence-electron chi connectivity index (χ2n) is 5.38. The van der Waals surface area contributed by atoms with Gasteiger partial charge in [0, 0.05) is 18.5 Å². The van der Waals surface area contributed by atoms with Crippen LogP contribution in [-0.2, 0) is 11.2 Å². The lowest BCUT2D eigenvalue weighted by atomic mass is 9.98. The van der Waals surface area contributed by atoms with Gasteiger partial charge in [-0.25, -0.2) is 0 Å². The third-order valence-corrected chi connectivity index (χ3v) is 3.95. The largest absolute Gasteiger partial charge is 0.481 e. The molecule has 1 unspecified atom stereocenters. The third kappa shape index (κ3) is 3.82. The first-order chi connectivity index (χ1) is 10.1. The molecular weight excluding hydrogens is 270 g/mol. The average Bonchev–Trinajstić information content (AvgIpc) is 2.52. The SMILES string of the molecule is O=C(O)CCc1ccccc1C(=O)N1CCCCC1CO. The summed E-state index contributed by atoms with van der Waals surface area (Å²) < 4.78 is 0. The maximum absolute atomic E-state index is 12.7. The molecule has 1 aromatic rings. The van der Waals surface area contributed by atoms with E-state index in [2.05, 4.69) is 0 Å². The maximum Gasteiger partial charge on any atom is 0.303 e. The number of carboxylic acids is 1. The number of hydrogen-bond acceptors (Lipinski definition) is 3. The third-order valence-electron chi connectivity index (χ3n) is 3.95. The van der Waals surface area contributed by atoms with Crippen LogP contribution in [0.2, 0.25) is 0 Å². The number of amides is 1. The molecule has 0 aromatic heterocycles. The highest BCUT2D eigenvalue weighted by molar-refractivity contribution is 5.96. The molecule has 1 atom stereocenters. The monoisotopic (exact) mass is 291 g/mol. The van der Waals surface area contributed by atoms with E-state index in [9.17, 15) is 14.7 Å². The van der Waals surface area contributed by atoms with Gasteiger partial charge in [0.1, 0.15) is 0 Å². The highest BCUT2D eigenvalue weighted by Crippen LogP contribution is 2.21. The lowest BCUT2D eigenvalue weighted by Gasteiger charge is -2.35. The van der Waals surface area contributed by atoms with Crippen molar-refractivity contribution in [3.05, 3.63) is 35.4 Å². The summed E-state index contributed by atoms with van der Waals surface area (Å²) in [4.78, 5) is 25.2. The number of aryl methyl sites for hydroxylation is 1. The fourth-order valence-corrected chi connectivity index (χ4v) is 2.80. The molecule has 1 aliphatic heterocycles. The van der Waals surface area contributed by atoms with Crippen molar-refractivity contribution in [1.29, 1.82) is 0 Å². The predicted octanol–water partition coefficient (Wildman–Crippen LogP) is 1.69. The van der Waals surface area contributed by atoms with Gasteiger partial charge < -0.3 is 15.1 Å². The Hall–Kier alpha value is -1.88. The normalized spacial score (nSPS) is 18.5. The Bertz CT molecular complexity index is 515. The number of aliphatic hydroxyl groups is 1. The van der Waals surface area contributed by atoms with E-state index < -0.39 is 5.97 Å². The molecule has 2 N–H and O–H groups in total. The molecule has 1 aromatic carbocycles. The van der Waals surface area contributed by atoms with Crippen molar-refractivity contribution in [2.45, 2.75) is 38.1 Å². The van der Waals surface area contributed by atoms with Gasteiger partial charge >= 0.3 is 5.97 Å². The van der Waals surface area contributed by atoms with Crippen LogP contribution in [0.5, 0.6) is 0 Å². The number of rotatable bonds is 5. The zero-order valence-electron chi connectivity index (χ0n) is 12.0. The highest BCUT2D eigenvalue weighted by Gasteiger charge is 2.27. The van der Waals surface area contributed by atoms with Gasteiger partial charge in [-0.2, -0.15) is 0 Å². The number of hydrogen-bond donors (Lipinski definition) is 2. The Morgan fingerprint density at radius 3 is 2.71 bits per heavy atom. The Morgan fingerprint density at radius 1 is 1.24 bits per heavy atom. The second-order valence-corrected chi connectivity index (χ2v) is 5.38. The minimum atomic E-state index is -0.872. The van der Waals surface area contributed by atoms with Gasteiger partial charge in [0.05, 0.1) is 12.6 Å². The van der Waals surface area contributed by atoms with E-state index in [0.717, 1.165) is 24.8 Å². The number of aliphatic hydroxyl groups excluding tert-OH is 1. The standard InChI is InChI=1S/C16H21NO4/c18-11-13-6-3-4-10-17(13)16(21)14-7-2-1-5-12(14)8-9-15(19)20/h1-2,5,7,13,18H,3-4,6,8-11H2,(H,19,20). The Morgan fingerprint density at radius 2 is 2.00 bits per heavy atom. The topological polar surface area (TPSA) is 77.8 Å². The van der Waals surface area contributed by atoms with Crippen LogP contribution in [0.25, 0.3) is 0 Å². The molecule has 0 bridgehead atoms. The van der Waals surface area contributed by atoms with Crippen LogP contribution in [0.1, 0.15) is 41.6 Å². The predicted molar refractivity (Wildman–Crippen MR) is 78.2 cm³/mol. The summed E-state index contributed by atoms with van der Waals surface area (Å²) in [7, 11) is 0. The molecule has 5 nitrogen and oxygen atoms in total. The van der Waals surface area contributed by atoms with Crippen LogP contribution in [-0.4, -0.2) is 46.2 Å². The molecule has 0 radical (unpaired) electrons. The summed E-state index contributed by atoms with van der Waals surface area (Å²) >= 11 is 0. The number of piperidine rings is 1. The molecule has 1 aliphatic rings. The van der Waals surface area contributed by atoms with Crippen molar-refractivity contribution in [3.8, 4) is 0 Å². The van der Waals surface area contributed by atoms with Crippen molar-refractivity contribution in [2.24, 2.45) is 0 Å². The minimum absolute atomic E-state index is 0.00766. The Kier molecular flexibility index (Phi) is 5.33. The van der Waals surface area contributed by atoms with Crippen molar-refractivity contribution in [1.82, 2.24) is 4.90 Å². The first kappa shape index (κ1) is 15.5. The highest BCUT2D eigenvalue weighted by atomic mass is 16.4. The molecule has 1 fully saturated rings. The number of carbonyl (C=O) groups is 2. The van der Waals surface area contributed by atoms with E-state index in [1.807, 2.05) is 6.07 Å². The van der Waals surface area contributed by atoms with Crippen molar-refractivity contribution in [3.63, 3.8) is 0 Å². The number of benzene rings is 1. The average molecular weight is 291 g/mol. The first-order valence-electron chi connectivity index (χ1n) is 7.35. The molecule has 1 heterocycles. The molecule has 114 valence electrons. The molecule has 1 saturated heterocycles. The second kappa shape index (κ2) is 7.22. The Balaban J connectivity index is 2.19. The Labute approximate surface area is 124 Å². The zero-order valence-corrected chi connectivity index (χ0v) is 12.0. The van der Waals surface area contributed by atoms with E-state index in [0.29, 0.717) is 18.5 Å². The molecular formula is C16H21NO4. The van der Waals surface area contributed by atoms with Crippen molar-refractivity contribution >= 4 is 11.9 Å². The molecule has 1 amide bonds. The van der Waals surface area contributed by atoms with E-state index in [-0.39, 0.29) is 25.0 Å². The van der Waals surface area contributed by atoms with Crippen LogP contribution in [0.4, 0.5) is 0 Å². The molecule has 2 rings (SSSR count). The van der Waals surface area contributed by atoms with Crippen LogP contribution in [0.3, 0.4) is 0 Å². The summed E-state index contributed by atoms with van der Waals surface area (Å²) in [5.74, 6) is -0.974. The van der Waals surface area contributed by atoms with Gasteiger partial charge in [-0.15, -0.1) is 0 Å². The summed E-state index contributed by atoms with van der Waals surface area (Å²) in [6.45, 7) is 0.625. The van der Waals surface area contributed by atoms with Crippen molar-refractivity contribution < 1.29 is 19.8 Å². The fraction of sp³-hybridized carbons (Fsp3) is 0.500. The van der Waals surface area contributed by atoms with Gasteiger partial charge in [0.2, 0.25) is 0 Å². The zero-order chi connectivity index (χ0) is 15.2. The van der Waals surface area contributed by atoms with Crippen LogP contribution >= 0.6 is 0 Å². The van der Waals surface area contributed by atoms with Crippen LogP contribution < -0.4 is 0 Å². The number of nitrogens with zero attached hydrogens (tertiary/aromatic N) is 1. The van der Waals surface area contributed by atoms with E-state index in [1.165, 1.54) is 0 Å². The van der Waals surface area contributed by atoms with E-state index >= 15 is 0 Å². The number of carbonyl (C=O) groups excluding carboxylic acids is 1. The smallest absolute Gasteiger partial charge is 0.303 e. The van der Waals surface area contributed by atoms with Crippen LogP contribution in [0.15, 0.2) is 24.3 Å². The summed E-state index contributed by atoms with van der Waals surface area (Å²) in [6, 6.07) is 7.01. The van der Waals surface area contributed by atoms with Gasteiger partial charge in [-0.3, -0.25) is 9.59 Å². The van der Waals surface area contributed by atoms with Crippen molar-refractivity contribution in [2.75, 3.05) is 13.2 Å². The number of likely N-dealkylation sites (tertiary alicyclic amines) is 1. The van der Waals surface area contributed by atoms with E-state index in [4.69, 9.17) is 5.11 Å². The fourth-order valence-electron chi connectivity index (χ4n) is 2.80. The molecule has 0 spiro atoms. The first-order valence-corrected chi connectivity index (χ1v) is 7.35. The maximum atomic E-state index is 12.7. The summed E-state index contributed by atoms with van der Waals surface area (Å²) in [6.07, 6.45) is 3.14. The number of carboxylic acid groups (broad SMARTS) is 1.